The van der Waals surface area contributed by atoms with Crippen LogP contribution in [0.3, 0.4) is 0 Å². The first-order chi connectivity index (χ1) is 9.78. The predicted molar refractivity (Wildman–Crippen MR) is 83.9 cm³/mol. The topological polar surface area (TPSA) is 13.1 Å². The number of hydrogen-bond donors (Lipinski definition) is 0. The molecule has 0 atom stereocenters. The van der Waals surface area contributed by atoms with Crippen LogP contribution < -0.4 is 21.7 Å². The van der Waals surface area contributed by atoms with Gasteiger partial charge in [-0.05, 0) is 29.0 Å². The molecule has 0 saturated heterocycles. The molecule has 0 unspecified atom stereocenters. The summed E-state index contributed by atoms with van der Waals surface area (Å²) in [5, 5.41) is 2.44. The number of pyridine rings is 1. The van der Waals surface area contributed by atoms with Crippen LogP contribution in [-0.4, -0.2) is 7.11 Å². The molecule has 0 radical (unpaired) electrons. The minimum absolute atomic E-state index is 0. The van der Waals surface area contributed by atoms with Crippen LogP contribution in [-0.2, 0) is 6.54 Å². The van der Waals surface area contributed by atoms with Gasteiger partial charge in [-0.25, -0.2) is 4.57 Å². The molecule has 0 fully saturated rings. The zero-order valence-electron chi connectivity index (χ0n) is 11.6. The minimum Gasteiger partial charge on any atom is -1.00 e. The maximum Gasteiger partial charge on any atom is 0.177 e. The molecule has 3 rings (SSSR count). The van der Waals surface area contributed by atoms with Gasteiger partial charge in [-0.15, -0.1) is 0 Å². The highest BCUT2D eigenvalue weighted by atomic mass is 79.9. The van der Waals surface area contributed by atoms with Crippen molar-refractivity contribution in [2.24, 2.45) is 0 Å². The standard InChI is InChI=1S/C17H15BrNO.ClH/c1-20-17-8-5-13-11-14(18)6-7-15(13)16(17)12-19-9-3-2-4-10-19;/h2-11H,12H2,1H3;1H/q+1;/p-1. The number of aromatic nitrogens is 1. The summed E-state index contributed by atoms with van der Waals surface area (Å²) in [5.41, 5.74) is 1.20. The van der Waals surface area contributed by atoms with Crippen LogP contribution in [0.1, 0.15) is 5.56 Å². The van der Waals surface area contributed by atoms with Gasteiger partial charge in [-0.3, -0.25) is 0 Å². The Morgan fingerprint density at radius 3 is 2.52 bits per heavy atom. The third kappa shape index (κ3) is 3.36. The largest absolute Gasteiger partial charge is 1.00 e. The van der Waals surface area contributed by atoms with Crippen molar-refractivity contribution in [3.8, 4) is 5.75 Å². The molecule has 0 aliphatic heterocycles. The van der Waals surface area contributed by atoms with E-state index in [9.17, 15) is 0 Å². The first-order valence-electron chi connectivity index (χ1n) is 6.47. The fourth-order valence-corrected chi connectivity index (χ4v) is 2.80. The Hall–Kier alpha value is -1.58. The van der Waals surface area contributed by atoms with E-state index in [0.29, 0.717) is 0 Å². The van der Waals surface area contributed by atoms with Crippen molar-refractivity contribution in [1.82, 2.24) is 0 Å². The second-order valence-electron chi connectivity index (χ2n) is 4.66. The van der Waals surface area contributed by atoms with E-state index in [-0.39, 0.29) is 12.4 Å². The summed E-state index contributed by atoms with van der Waals surface area (Å²) in [6.07, 6.45) is 4.13. The van der Waals surface area contributed by atoms with Crippen LogP contribution in [0.2, 0.25) is 0 Å². The van der Waals surface area contributed by atoms with Crippen molar-refractivity contribution >= 4 is 26.7 Å². The summed E-state index contributed by atoms with van der Waals surface area (Å²) in [5.74, 6) is 0.927. The highest BCUT2D eigenvalue weighted by Gasteiger charge is 2.13. The highest BCUT2D eigenvalue weighted by Crippen LogP contribution is 2.29. The number of benzene rings is 2. The molecule has 0 aliphatic carbocycles. The van der Waals surface area contributed by atoms with Crippen molar-refractivity contribution in [2.75, 3.05) is 7.11 Å². The monoisotopic (exact) mass is 363 g/mol. The van der Waals surface area contributed by atoms with Crippen LogP contribution in [0.4, 0.5) is 0 Å². The molecule has 2 aromatic carbocycles. The summed E-state index contributed by atoms with van der Waals surface area (Å²) in [6, 6.07) is 16.6. The first-order valence-corrected chi connectivity index (χ1v) is 7.26. The second-order valence-corrected chi connectivity index (χ2v) is 5.58. The zero-order valence-corrected chi connectivity index (χ0v) is 13.9. The maximum atomic E-state index is 5.53. The molecule has 21 heavy (non-hydrogen) atoms. The number of nitrogens with zero attached hydrogens (tertiary/aromatic N) is 1. The third-order valence-electron chi connectivity index (χ3n) is 3.39. The van der Waals surface area contributed by atoms with E-state index in [1.54, 1.807) is 7.11 Å². The fraction of sp³-hybridized carbons (Fsp3) is 0.118. The van der Waals surface area contributed by atoms with Crippen molar-refractivity contribution in [3.63, 3.8) is 0 Å². The molecule has 4 heteroatoms. The van der Waals surface area contributed by atoms with Crippen molar-refractivity contribution < 1.29 is 21.7 Å². The van der Waals surface area contributed by atoms with Crippen LogP contribution in [0, 0.1) is 0 Å². The normalized spacial score (nSPS) is 10.2. The minimum atomic E-state index is 0. The molecule has 0 aliphatic rings. The summed E-state index contributed by atoms with van der Waals surface area (Å²) in [7, 11) is 1.72. The number of ether oxygens (including phenoxy) is 1. The van der Waals surface area contributed by atoms with E-state index in [4.69, 9.17) is 4.74 Å². The lowest BCUT2D eigenvalue weighted by atomic mass is 10.0. The number of rotatable bonds is 3. The summed E-state index contributed by atoms with van der Waals surface area (Å²) >= 11 is 3.52. The summed E-state index contributed by atoms with van der Waals surface area (Å²) in [4.78, 5) is 0. The van der Waals surface area contributed by atoms with E-state index in [1.807, 2.05) is 24.3 Å². The van der Waals surface area contributed by atoms with Crippen LogP contribution >= 0.6 is 15.9 Å². The maximum absolute atomic E-state index is 5.53. The fourth-order valence-electron chi connectivity index (χ4n) is 2.42. The predicted octanol–water partition coefficient (Wildman–Crippen LogP) is 0.951. The molecular formula is C17H15BrClNO. The lowest BCUT2D eigenvalue weighted by Gasteiger charge is -2.10. The lowest BCUT2D eigenvalue weighted by molar-refractivity contribution is -0.688. The molecule has 2 nitrogen and oxygen atoms in total. The molecule has 1 aromatic heterocycles. The van der Waals surface area contributed by atoms with Gasteiger partial charge in [-0.1, -0.05) is 34.1 Å². The van der Waals surface area contributed by atoms with E-state index in [0.717, 1.165) is 16.8 Å². The van der Waals surface area contributed by atoms with Crippen molar-refractivity contribution in [3.05, 3.63) is 71.0 Å². The Morgan fingerprint density at radius 1 is 1.05 bits per heavy atom. The Labute approximate surface area is 138 Å². The van der Waals surface area contributed by atoms with Crippen molar-refractivity contribution in [2.45, 2.75) is 6.54 Å². The number of halogens is 2. The summed E-state index contributed by atoms with van der Waals surface area (Å²) < 4.78 is 8.77. The smallest absolute Gasteiger partial charge is 0.177 e. The first kappa shape index (κ1) is 15.8. The molecular weight excluding hydrogens is 350 g/mol. The van der Waals surface area contributed by atoms with Gasteiger partial charge in [0.1, 0.15) is 5.75 Å². The van der Waals surface area contributed by atoms with Gasteiger partial charge in [0.05, 0.1) is 12.7 Å². The molecule has 0 spiro atoms. The van der Waals surface area contributed by atoms with Gasteiger partial charge in [0.25, 0.3) is 0 Å². The van der Waals surface area contributed by atoms with Gasteiger partial charge in [0.15, 0.2) is 18.9 Å². The SMILES string of the molecule is COc1ccc2cc(Br)ccc2c1C[n+]1ccccc1.[Cl-]. The van der Waals surface area contributed by atoms with E-state index < -0.39 is 0 Å². The summed E-state index contributed by atoms with van der Waals surface area (Å²) in [6.45, 7) is 0.795. The van der Waals surface area contributed by atoms with Crippen LogP contribution in [0.5, 0.6) is 5.75 Å². The van der Waals surface area contributed by atoms with E-state index >= 15 is 0 Å². The molecule has 3 aromatic rings. The molecule has 1 heterocycles. The van der Waals surface area contributed by atoms with Gasteiger partial charge < -0.3 is 17.1 Å². The second kappa shape index (κ2) is 6.92. The van der Waals surface area contributed by atoms with E-state index in [2.05, 4.69) is 57.2 Å². The third-order valence-corrected chi connectivity index (χ3v) is 3.88. The van der Waals surface area contributed by atoms with Crippen LogP contribution in [0.25, 0.3) is 10.8 Å². The molecule has 0 saturated carbocycles. The average molecular weight is 365 g/mol. The Morgan fingerprint density at radius 2 is 1.81 bits per heavy atom. The number of fused-ring (bicyclic) bond motifs is 1. The van der Waals surface area contributed by atoms with Gasteiger partial charge in [0.2, 0.25) is 0 Å². The number of hydrogen-bond acceptors (Lipinski definition) is 1. The molecule has 0 N–H and O–H groups in total. The Bertz CT molecular complexity index is 746. The highest BCUT2D eigenvalue weighted by molar-refractivity contribution is 9.10. The molecule has 0 bridgehead atoms. The zero-order chi connectivity index (χ0) is 13.9. The average Bonchev–Trinajstić information content (AvgIpc) is 2.48. The lowest BCUT2D eigenvalue weighted by Crippen LogP contribution is -3.00. The quantitative estimate of drug-likeness (QED) is 0.631. The van der Waals surface area contributed by atoms with Crippen LogP contribution in [0.15, 0.2) is 65.4 Å². The number of methoxy groups -OCH3 is 1. The Balaban J connectivity index is 0.00000161. The Kier molecular flexibility index (Phi) is 5.21. The van der Waals surface area contributed by atoms with E-state index in [1.165, 1.54) is 16.3 Å². The molecule has 0 amide bonds. The van der Waals surface area contributed by atoms with Gasteiger partial charge in [-0.2, -0.15) is 0 Å². The molecule has 108 valence electrons. The van der Waals surface area contributed by atoms with Gasteiger partial charge in [0, 0.05) is 16.6 Å². The van der Waals surface area contributed by atoms with Crippen molar-refractivity contribution in [1.29, 1.82) is 0 Å². The van der Waals surface area contributed by atoms with Gasteiger partial charge >= 0.3 is 0 Å².